The molecule has 0 aromatic heterocycles. The third-order valence-electron chi connectivity index (χ3n) is 1.40. The summed E-state index contributed by atoms with van der Waals surface area (Å²) in [5.41, 5.74) is 5.27. The van der Waals surface area contributed by atoms with E-state index in [2.05, 4.69) is 10.6 Å². The summed E-state index contributed by atoms with van der Waals surface area (Å²) in [6, 6.07) is -0.502. The van der Waals surface area contributed by atoms with Crippen LogP contribution < -0.4 is 16.4 Å². The molecular formula is C7H15N3O2. The number of nitrogens with two attached hydrogens (primary N) is 1. The molecule has 0 aliphatic rings. The summed E-state index contributed by atoms with van der Waals surface area (Å²) in [5, 5.41) is 4.95. The Morgan fingerprint density at radius 3 is 2.42 bits per heavy atom. The molecule has 12 heavy (non-hydrogen) atoms. The molecule has 0 saturated carbocycles. The number of carbonyl (C=O) groups excluding carboxylic acids is 2. The van der Waals surface area contributed by atoms with Crippen LogP contribution in [0, 0.1) is 0 Å². The van der Waals surface area contributed by atoms with E-state index in [0.29, 0.717) is 13.0 Å². The minimum atomic E-state index is -0.502. The molecule has 0 heterocycles. The quantitative estimate of drug-likeness (QED) is 0.488. The predicted molar refractivity (Wildman–Crippen MR) is 45.3 cm³/mol. The third kappa shape index (κ3) is 3.92. The molecule has 0 aliphatic carbocycles. The molecule has 0 spiro atoms. The van der Waals surface area contributed by atoms with Crippen molar-refractivity contribution in [3.63, 3.8) is 0 Å². The maximum atomic E-state index is 11.1. The molecule has 0 bridgehead atoms. The first-order chi connectivity index (χ1) is 5.61. The maximum Gasteiger partial charge on any atom is 0.242 e. The highest BCUT2D eigenvalue weighted by Crippen LogP contribution is 1.89. The van der Waals surface area contributed by atoms with Crippen molar-refractivity contribution in [3.05, 3.63) is 0 Å². The number of hydrogen-bond acceptors (Lipinski definition) is 3. The van der Waals surface area contributed by atoms with E-state index >= 15 is 0 Å². The first kappa shape index (κ1) is 10.9. The van der Waals surface area contributed by atoms with E-state index in [-0.39, 0.29) is 11.8 Å². The lowest BCUT2D eigenvalue weighted by molar-refractivity contribution is -0.127. The zero-order valence-corrected chi connectivity index (χ0v) is 7.39. The fourth-order valence-corrected chi connectivity index (χ4v) is 0.855. The van der Waals surface area contributed by atoms with Gasteiger partial charge in [-0.05, 0) is 13.0 Å². The van der Waals surface area contributed by atoms with Crippen molar-refractivity contribution in [2.75, 3.05) is 13.6 Å². The average molecular weight is 173 g/mol. The Morgan fingerprint density at radius 2 is 2.08 bits per heavy atom. The van der Waals surface area contributed by atoms with Gasteiger partial charge in [-0.1, -0.05) is 0 Å². The lowest BCUT2D eigenvalue weighted by Gasteiger charge is -2.14. The molecule has 0 radical (unpaired) electrons. The van der Waals surface area contributed by atoms with E-state index in [0.717, 1.165) is 0 Å². The van der Waals surface area contributed by atoms with Crippen molar-refractivity contribution in [2.45, 2.75) is 19.4 Å². The minimum Gasteiger partial charge on any atom is -0.357 e. The largest absolute Gasteiger partial charge is 0.357 e. The van der Waals surface area contributed by atoms with Crippen molar-refractivity contribution in [1.29, 1.82) is 0 Å². The molecule has 1 atom stereocenters. The van der Waals surface area contributed by atoms with Gasteiger partial charge in [0.15, 0.2) is 0 Å². The van der Waals surface area contributed by atoms with Crippen LogP contribution in [0.3, 0.4) is 0 Å². The molecule has 4 N–H and O–H groups in total. The summed E-state index contributed by atoms with van der Waals surface area (Å²) >= 11 is 0. The van der Waals surface area contributed by atoms with Crippen LogP contribution in [0.2, 0.25) is 0 Å². The van der Waals surface area contributed by atoms with Crippen LogP contribution in [0.25, 0.3) is 0 Å². The van der Waals surface area contributed by atoms with Gasteiger partial charge in [-0.3, -0.25) is 9.59 Å². The summed E-state index contributed by atoms with van der Waals surface area (Å²) in [5.74, 6) is -0.437. The van der Waals surface area contributed by atoms with Gasteiger partial charge < -0.3 is 16.4 Å². The highest BCUT2D eigenvalue weighted by molar-refractivity contribution is 5.86. The normalized spacial score (nSPS) is 11.9. The molecule has 0 aliphatic heterocycles. The standard InChI is InChI=1S/C7H15N3O2/c1-5(11)10-6(3-4-8)7(12)9-2/h6H,3-4,8H2,1-2H3,(H,9,12)(H,10,11). The van der Waals surface area contributed by atoms with Crippen LogP contribution in [0.5, 0.6) is 0 Å². The average Bonchev–Trinajstić information content (AvgIpc) is 2.01. The van der Waals surface area contributed by atoms with Gasteiger partial charge in [0, 0.05) is 14.0 Å². The number of rotatable bonds is 4. The number of hydrogen-bond donors (Lipinski definition) is 3. The van der Waals surface area contributed by atoms with Gasteiger partial charge in [0.25, 0.3) is 0 Å². The predicted octanol–water partition coefficient (Wildman–Crippen LogP) is -1.41. The van der Waals surface area contributed by atoms with Gasteiger partial charge in [-0.25, -0.2) is 0 Å². The topological polar surface area (TPSA) is 84.2 Å². The molecule has 0 fully saturated rings. The Kier molecular flexibility index (Phi) is 5.03. The van der Waals surface area contributed by atoms with E-state index in [9.17, 15) is 9.59 Å². The Balaban J connectivity index is 4.02. The molecule has 0 saturated heterocycles. The summed E-state index contributed by atoms with van der Waals surface area (Å²) in [6.07, 6.45) is 0.458. The molecule has 0 aromatic carbocycles. The van der Waals surface area contributed by atoms with Gasteiger partial charge in [0.2, 0.25) is 11.8 Å². The first-order valence-corrected chi connectivity index (χ1v) is 3.80. The molecule has 0 aromatic rings. The fourth-order valence-electron chi connectivity index (χ4n) is 0.855. The number of nitrogens with one attached hydrogen (secondary N) is 2. The van der Waals surface area contributed by atoms with Gasteiger partial charge in [0.05, 0.1) is 0 Å². The van der Waals surface area contributed by atoms with Crippen molar-refractivity contribution < 1.29 is 9.59 Å². The second kappa shape index (κ2) is 5.54. The molecule has 0 rings (SSSR count). The zero-order valence-electron chi connectivity index (χ0n) is 7.39. The highest BCUT2D eigenvalue weighted by atomic mass is 16.2. The molecular weight excluding hydrogens is 158 g/mol. The van der Waals surface area contributed by atoms with E-state index in [1.165, 1.54) is 14.0 Å². The van der Waals surface area contributed by atoms with E-state index in [4.69, 9.17) is 5.73 Å². The number of likely N-dealkylation sites (N-methyl/N-ethyl adjacent to an activating group) is 1. The van der Waals surface area contributed by atoms with Crippen LogP contribution in [-0.2, 0) is 9.59 Å². The number of carbonyl (C=O) groups is 2. The SMILES string of the molecule is CNC(=O)C(CCN)NC(C)=O. The van der Waals surface area contributed by atoms with Crippen molar-refractivity contribution in [2.24, 2.45) is 5.73 Å². The van der Waals surface area contributed by atoms with Crippen LogP contribution in [0.4, 0.5) is 0 Å². The maximum absolute atomic E-state index is 11.1. The molecule has 70 valence electrons. The first-order valence-electron chi connectivity index (χ1n) is 3.80. The van der Waals surface area contributed by atoms with E-state index in [1.807, 2.05) is 0 Å². The summed E-state index contributed by atoms with van der Waals surface area (Å²) < 4.78 is 0. The lowest BCUT2D eigenvalue weighted by Crippen LogP contribution is -2.45. The molecule has 2 amide bonds. The Labute approximate surface area is 71.7 Å². The van der Waals surface area contributed by atoms with Crippen LogP contribution >= 0.6 is 0 Å². The Hall–Kier alpha value is -1.10. The van der Waals surface area contributed by atoms with E-state index in [1.54, 1.807) is 0 Å². The van der Waals surface area contributed by atoms with Gasteiger partial charge in [0.1, 0.15) is 6.04 Å². The van der Waals surface area contributed by atoms with Gasteiger partial charge in [-0.2, -0.15) is 0 Å². The van der Waals surface area contributed by atoms with Gasteiger partial charge >= 0.3 is 0 Å². The van der Waals surface area contributed by atoms with Crippen molar-refractivity contribution >= 4 is 11.8 Å². The monoisotopic (exact) mass is 173 g/mol. The summed E-state index contributed by atoms with van der Waals surface area (Å²) in [6.45, 7) is 1.74. The van der Waals surface area contributed by atoms with Crippen LogP contribution in [0.15, 0.2) is 0 Å². The molecule has 1 unspecified atom stereocenters. The summed E-state index contributed by atoms with van der Waals surface area (Å²) in [4.78, 5) is 21.7. The Morgan fingerprint density at radius 1 is 1.50 bits per heavy atom. The number of amides is 2. The fraction of sp³-hybridized carbons (Fsp3) is 0.714. The molecule has 5 nitrogen and oxygen atoms in total. The summed E-state index contributed by atoms with van der Waals surface area (Å²) in [7, 11) is 1.52. The van der Waals surface area contributed by atoms with Crippen LogP contribution in [-0.4, -0.2) is 31.4 Å². The van der Waals surface area contributed by atoms with E-state index < -0.39 is 6.04 Å². The Bertz CT molecular complexity index is 170. The second-order valence-electron chi connectivity index (χ2n) is 2.44. The molecule has 5 heteroatoms. The minimum absolute atomic E-state index is 0.212. The third-order valence-corrected chi connectivity index (χ3v) is 1.40. The second-order valence-corrected chi connectivity index (χ2v) is 2.44. The smallest absolute Gasteiger partial charge is 0.242 e. The zero-order chi connectivity index (χ0) is 9.56. The highest BCUT2D eigenvalue weighted by Gasteiger charge is 2.16. The lowest BCUT2D eigenvalue weighted by atomic mass is 10.2. The van der Waals surface area contributed by atoms with Crippen molar-refractivity contribution in [1.82, 2.24) is 10.6 Å². The van der Waals surface area contributed by atoms with Crippen LogP contribution in [0.1, 0.15) is 13.3 Å². The van der Waals surface area contributed by atoms with Gasteiger partial charge in [-0.15, -0.1) is 0 Å². The van der Waals surface area contributed by atoms with Crippen molar-refractivity contribution in [3.8, 4) is 0 Å².